The third kappa shape index (κ3) is 13.1. The molecule has 0 unspecified atom stereocenters. The zero-order chi connectivity index (χ0) is 52.1. The van der Waals surface area contributed by atoms with E-state index < -0.39 is 53.0 Å². The number of carboxylic acids is 1. The molecule has 7 rings (SSSR count). The maximum atomic E-state index is 14.6. The van der Waals surface area contributed by atoms with E-state index in [-0.39, 0.29) is 44.9 Å². The first-order chi connectivity index (χ1) is 34.1. The molecule has 0 aliphatic carbocycles. The van der Waals surface area contributed by atoms with Crippen molar-refractivity contribution >= 4 is 40.5 Å². The van der Waals surface area contributed by atoms with Crippen molar-refractivity contribution in [2.24, 2.45) is 17.3 Å². The number of anilines is 1. The van der Waals surface area contributed by atoms with Gasteiger partial charge in [-0.05, 0) is 119 Å². The van der Waals surface area contributed by atoms with Crippen LogP contribution >= 0.6 is 0 Å². The van der Waals surface area contributed by atoms with Crippen LogP contribution in [0.25, 0.3) is 33.3 Å². The summed E-state index contributed by atoms with van der Waals surface area (Å²) in [4.78, 5) is 63.9. The van der Waals surface area contributed by atoms with Crippen molar-refractivity contribution in [1.82, 2.24) is 30.2 Å². The number of pyridine rings is 1. The molecular weight excluding hydrogens is 919 g/mol. The van der Waals surface area contributed by atoms with Crippen LogP contribution < -0.4 is 20.4 Å². The topological polar surface area (TPSA) is 186 Å². The maximum Gasteiger partial charge on any atom is 0.408 e. The fraction of sp³-hybridized carbons (Fsp3) is 0.582. The number of piperazine rings is 1. The number of nitrogens with zero attached hydrogens (tertiary/aromatic N) is 5. The number of hydrazine groups is 1. The summed E-state index contributed by atoms with van der Waals surface area (Å²) in [5.74, 6) is -2.07. The predicted octanol–water partition coefficient (Wildman–Crippen LogP) is 7.66. The number of aliphatic carboxylic acids is 1. The largest absolute Gasteiger partial charge is 0.491 e. The number of ether oxygens (including phenoxy) is 5. The van der Waals surface area contributed by atoms with E-state index in [0.29, 0.717) is 43.7 Å². The summed E-state index contributed by atoms with van der Waals surface area (Å²) in [7, 11) is 3.85. The zero-order valence-electron chi connectivity index (χ0n) is 44.3. The smallest absolute Gasteiger partial charge is 0.408 e. The number of amides is 2. The molecule has 4 aromatic rings. The fourth-order valence-electron chi connectivity index (χ4n) is 9.84. The van der Waals surface area contributed by atoms with Crippen molar-refractivity contribution < 1.29 is 48.0 Å². The van der Waals surface area contributed by atoms with Crippen LogP contribution in [0.1, 0.15) is 98.1 Å². The van der Waals surface area contributed by atoms with Crippen LogP contribution in [0.2, 0.25) is 0 Å². The lowest BCUT2D eigenvalue weighted by molar-refractivity contribution is -0.155. The minimum absolute atomic E-state index is 0.0471. The summed E-state index contributed by atoms with van der Waals surface area (Å²) < 4.78 is 32.4. The van der Waals surface area contributed by atoms with Gasteiger partial charge >= 0.3 is 18.0 Å². The van der Waals surface area contributed by atoms with E-state index in [2.05, 4.69) is 77.2 Å². The summed E-state index contributed by atoms with van der Waals surface area (Å²) in [5.41, 5.74) is 10.1. The number of hydrogen-bond donors (Lipinski definition) is 3. The minimum atomic E-state index is -1.11. The molecule has 3 aliphatic rings. The molecule has 72 heavy (non-hydrogen) atoms. The molecule has 17 nitrogen and oxygen atoms in total. The Kier molecular flexibility index (Phi) is 17.3. The van der Waals surface area contributed by atoms with Gasteiger partial charge in [0.1, 0.15) is 30.0 Å². The quantitative estimate of drug-likeness (QED) is 0.0826. The molecule has 17 heteroatoms. The molecular formula is C55H77N7O10. The van der Waals surface area contributed by atoms with Crippen molar-refractivity contribution in [2.45, 2.75) is 118 Å². The van der Waals surface area contributed by atoms with E-state index in [1.165, 1.54) is 5.01 Å². The highest BCUT2D eigenvalue weighted by atomic mass is 16.6. The Labute approximate surface area is 424 Å². The van der Waals surface area contributed by atoms with Gasteiger partial charge in [0.2, 0.25) is 0 Å². The van der Waals surface area contributed by atoms with Crippen LogP contribution in [0.5, 0.6) is 5.75 Å². The highest BCUT2D eigenvalue weighted by Crippen LogP contribution is 2.43. The first-order valence-electron chi connectivity index (χ1n) is 25.6. The van der Waals surface area contributed by atoms with Gasteiger partial charge in [0.15, 0.2) is 0 Å². The number of methoxy groups -OCH3 is 1. The summed E-state index contributed by atoms with van der Waals surface area (Å²) in [6.07, 6.45) is 2.47. The summed E-state index contributed by atoms with van der Waals surface area (Å²) in [6, 6.07) is 12.6. The average molecular weight is 996 g/mol. The number of benzene rings is 2. The number of fused-ring (bicyclic) bond motifs is 6. The molecule has 5 heterocycles. The van der Waals surface area contributed by atoms with E-state index in [1.54, 1.807) is 27.9 Å². The number of hydrogen-bond acceptors (Lipinski definition) is 13. The van der Waals surface area contributed by atoms with Crippen LogP contribution in [-0.2, 0) is 52.7 Å². The monoisotopic (exact) mass is 996 g/mol. The number of carbonyl (C=O) groups excluding carboxylic acids is 3. The van der Waals surface area contributed by atoms with Gasteiger partial charge in [-0.15, -0.1) is 0 Å². The van der Waals surface area contributed by atoms with Gasteiger partial charge in [0.25, 0.3) is 5.91 Å². The van der Waals surface area contributed by atoms with Gasteiger partial charge in [-0.2, -0.15) is 0 Å². The number of carbonyl (C=O) groups is 4. The van der Waals surface area contributed by atoms with Crippen LogP contribution in [0.3, 0.4) is 0 Å². The third-order valence-electron chi connectivity index (χ3n) is 13.9. The highest BCUT2D eigenvalue weighted by Gasteiger charge is 2.36. The number of esters is 1. The molecule has 2 aromatic carbocycles. The van der Waals surface area contributed by atoms with Gasteiger partial charge in [-0.1, -0.05) is 39.8 Å². The molecule has 2 amide bonds. The number of aryl methyl sites for hydroxylation is 1. The number of cyclic esters (lactones) is 1. The van der Waals surface area contributed by atoms with E-state index in [0.717, 1.165) is 76.4 Å². The fourth-order valence-corrected chi connectivity index (χ4v) is 9.84. The highest BCUT2D eigenvalue weighted by molar-refractivity contribution is 5.96. The Balaban J connectivity index is 1.40. The maximum absolute atomic E-state index is 14.6. The van der Waals surface area contributed by atoms with Gasteiger partial charge in [-0.3, -0.25) is 24.4 Å². The molecule has 0 radical (unpaired) electrons. The molecule has 4 atom stereocenters. The van der Waals surface area contributed by atoms with Gasteiger partial charge in [-0.25, -0.2) is 10.2 Å². The molecule has 2 fully saturated rings. The normalized spacial score (nSPS) is 19.9. The standard InChI is InChI=1S/C55H77N7O10/c1-12-61-47-16-15-37-28-41(47)43(49(61)42-29-39(31-56-48(42)35(4)68-11)60-20-18-59(10)19-21-60)30-55(8,9)33-71-52(66)45-14-13-17-62(58-45)50(63)46(57-53(67)72-54(5,6)7)26-36-24-38(37)27-40(25-36)70-23-22-69-32-44(34(2)3)51(64)65/h15-16,24-25,27-29,31,34-35,44-46,58H,12-14,17-23,26,30,32-33H2,1-11H3,(H,57,67)(H,64,65)/t35-,44-,45-,46-/m0/s1. The SMILES string of the molecule is CCn1c(-c2cc(N3CCN(C)CC3)cnc2[C@H](C)OC)c2c3cc(ccc31)-c1cc(cc(OCCOC[C@H](C(=O)O)C(C)C)c1)C[C@H](NC(=O)OC(C)(C)C)C(=O)N1CCC[C@H](N1)C(=O)OCC(C)(C)C2. The lowest BCUT2D eigenvalue weighted by Crippen LogP contribution is -2.60. The van der Waals surface area contributed by atoms with Gasteiger partial charge in [0, 0.05) is 74.7 Å². The molecule has 2 saturated heterocycles. The van der Waals surface area contributed by atoms with Crippen molar-refractivity contribution in [3.05, 3.63) is 65.5 Å². The Hall–Kier alpha value is -5.75. The number of nitrogens with one attached hydrogen (secondary N) is 2. The second-order valence-electron chi connectivity index (χ2n) is 21.7. The van der Waals surface area contributed by atoms with E-state index >= 15 is 0 Å². The van der Waals surface area contributed by atoms with Crippen molar-refractivity contribution in [3.63, 3.8) is 0 Å². The number of alkyl carbamates (subject to hydrolysis) is 1. The Morgan fingerprint density at radius 2 is 1.75 bits per heavy atom. The van der Waals surface area contributed by atoms with E-state index in [9.17, 15) is 24.3 Å². The second-order valence-corrected chi connectivity index (χ2v) is 21.7. The molecule has 2 aromatic heterocycles. The first kappa shape index (κ1) is 54.0. The molecule has 3 aliphatic heterocycles. The van der Waals surface area contributed by atoms with Crippen molar-refractivity contribution in [1.29, 1.82) is 0 Å². The van der Waals surface area contributed by atoms with Gasteiger partial charge < -0.3 is 48.5 Å². The Morgan fingerprint density at radius 3 is 2.43 bits per heavy atom. The molecule has 3 N–H and O–H groups in total. The molecule has 0 saturated carbocycles. The van der Waals surface area contributed by atoms with Crippen LogP contribution in [-0.4, -0.2) is 139 Å². The zero-order valence-corrected chi connectivity index (χ0v) is 44.3. The van der Waals surface area contributed by atoms with E-state index in [4.69, 9.17) is 28.7 Å². The number of likely N-dealkylation sites (N-methyl/N-ethyl adjacent to an activating group) is 1. The van der Waals surface area contributed by atoms with Gasteiger partial charge in [0.05, 0.1) is 55.1 Å². The average Bonchev–Trinajstić information content (AvgIpc) is 3.63. The summed E-state index contributed by atoms with van der Waals surface area (Å²) in [6.45, 7) is 22.4. The van der Waals surface area contributed by atoms with Crippen LogP contribution in [0.15, 0.2) is 48.7 Å². The van der Waals surface area contributed by atoms with Crippen LogP contribution in [0.4, 0.5) is 10.5 Å². The number of carboxylic acid groups (broad SMARTS) is 1. The van der Waals surface area contributed by atoms with Crippen LogP contribution in [0, 0.1) is 17.3 Å². The Bertz CT molecular complexity index is 2580. The lowest BCUT2D eigenvalue weighted by Gasteiger charge is -2.36. The summed E-state index contributed by atoms with van der Waals surface area (Å²) in [5, 5.41) is 15.0. The van der Waals surface area contributed by atoms with Crippen molar-refractivity contribution in [3.8, 4) is 28.1 Å². The molecule has 6 bridgehead atoms. The minimum Gasteiger partial charge on any atom is -0.491 e. The first-order valence-corrected chi connectivity index (χ1v) is 25.6. The number of rotatable bonds is 14. The molecule has 0 spiro atoms. The van der Waals surface area contributed by atoms with Crippen molar-refractivity contribution in [2.75, 3.05) is 78.2 Å². The predicted molar refractivity (Wildman–Crippen MR) is 277 cm³/mol. The lowest BCUT2D eigenvalue weighted by atomic mass is 9.84. The molecule has 392 valence electrons. The number of aromatic nitrogens is 2. The third-order valence-corrected chi connectivity index (χ3v) is 13.9. The Morgan fingerprint density at radius 1 is 1.00 bits per heavy atom. The van der Waals surface area contributed by atoms with E-state index in [1.807, 2.05) is 45.2 Å². The summed E-state index contributed by atoms with van der Waals surface area (Å²) >= 11 is 0. The second kappa shape index (κ2) is 23.0.